The molecule has 1 aromatic rings. The quantitative estimate of drug-likeness (QED) is 0.489. The lowest BCUT2D eigenvalue weighted by atomic mass is 10.2. The van der Waals surface area contributed by atoms with Crippen molar-refractivity contribution in [3.63, 3.8) is 0 Å². The van der Waals surface area contributed by atoms with E-state index in [-0.39, 0.29) is 0 Å². The van der Waals surface area contributed by atoms with Crippen LogP contribution in [0.3, 0.4) is 0 Å². The Morgan fingerprint density at radius 2 is 2.45 bits per heavy atom. The molecule has 0 aliphatic carbocycles. The van der Waals surface area contributed by atoms with Crippen LogP contribution in [0.25, 0.3) is 0 Å². The Morgan fingerprint density at radius 1 is 1.45 bits per heavy atom. The standard InChI is InChI=1S/C7H10N4/c1-2-7-6(8-4-1)3-5-9-11-10-7/h1-2,4,9-11H,3,5H2. The van der Waals surface area contributed by atoms with E-state index in [1.165, 1.54) is 0 Å². The number of pyridine rings is 1. The third-order valence-corrected chi connectivity index (χ3v) is 1.66. The number of hydrogen-bond acceptors (Lipinski definition) is 4. The minimum absolute atomic E-state index is 0.900. The molecule has 1 aliphatic rings. The number of nitrogens with zero attached hydrogens (tertiary/aromatic N) is 1. The second-order valence-corrected chi connectivity index (χ2v) is 2.42. The highest BCUT2D eigenvalue weighted by molar-refractivity contribution is 5.46. The zero-order valence-corrected chi connectivity index (χ0v) is 6.09. The molecule has 4 heteroatoms. The van der Waals surface area contributed by atoms with E-state index in [1.807, 2.05) is 18.3 Å². The van der Waals surface area contributed by atoms with Crippen LogP contribution in [-0.2, 0) is 6.42 Å². The first-order chi connectivity index (χ1) is 5.47. The smallest absolute Gasteiger partial charge is 0.0717 e. The van der Waals surface area contributed by atoms with Gasteiger partial charge in [-0.05, 0) is 12.1 Å². The second kappa shape index (κ2) is 2.86. The molecule has 0 bridgehead atoms. The first-order valence-corrected chi connectivity index (χ1v) is 3.64. The predicted molar refractivity (Wildman–Crippen MR) is 42.7 cm³/mol. The van der Waals surface area contributed by atoms with Gasteiger partial charge in [-0.1, -0.05) is 0 Å². The van der Waals surface area contributed by atoms with Crippen molar-refractivity contribution in [3.05, 3.63) is 24.0 Å². The highest BCUT2D eigenvalue weighted by Gasteiger charge is 2.04. The summed E-state index contributed by atoms with van der Waals surface area (Å²) in [6.45, 7) is 0.900. The van der Waals surface area contributed by atoms with Crippen molar-refractivity contribution in [1.29, 1.82) is 0 Å². The highest BCUT2D eigenvalue weighted by Crippen LogP contribution is 2.11. The van der Waals surface area contributed by atoms with Crippen LogP contribution in [0.5, 0.6) is 0 Å². The van der Waals surface area contributed by atoms with E-state index in [2.05, 4.69) is 21.4 Å². The number of hydrogen-bond donors (Lipinski definition) is 3. The molecule has 4 nitrogen and oxygen atoms in total. The molecule has 3 N–H and O–H groups in total. The average molecular weight is 150 g/mol. The molecule has 0 radical (unpaired) electrons. The third kappa shape index (κ3) is 1.31. The van der Waals surface area contributed by atoms with E-state index in [1.54, 1.807) is 0 Å². The Labute approximate surface area is 65.0 Å². The van der Waals surface area contributed by atoms with Crippen molar-refractivity contribution < 1.29 is 0 Å². The van der Waals surface area contributed by atoms with Gasteiger partial charge in [0.15, 0.2) is 0 Å². The normalized spacial score (nSPS) is 16.4. The monoisotopic (exact) mass is 150 g/mol. The molecule has 1 aromatic heterocycles. The molecule has 2 heterocycles. The number of hydrazine groups is 2. The van der Waals surface area contributed by atoms with Crippen LogP contribution < -0.4 is 16.4 Å². The molecule has 11 heavy (non-hydrogen) atoms. The Bertz CT molecular complexity index is 223. The van der Waals surface area contributed by atoms with E-state index in [9.17, 15) is 0 Å². The van der Waals surface area contributed by atoms with Gasteiger partial charge in [0, 0.05) is 19.2 Å². The number of nitrogens with one attached hydrogen (secondary N) is 3. The SMILES string of the molecule is c1cnc2c(c1)NNNCC2. The van der Waals surface area contributed by atoms with Crippen LogP contribution in [0.15, 0.2) is 18.3 Å². The molecular weight excluding hydrogens is 140 g/mol. The molecule has 0 atom stereocenters. The number of rotatable bonds is 0. The Morgan fingerprint density at radius 3 is 3.45 bits per heavy atom. The first kappa shape index (κ1) is 6.57. The number of fused-ring (bicyclic) bond motifs is 1. The maximum absolute atomic E-state index is 4.24. The van der Waals surface area contributed by atoms with Gasteiger partial charge in [-0.15, -0.1) is 0 Å². The lowest BCUT2D eigenvalue weighted by Gasteiger charge is -2.04. The summed E-state index contributed by atoms with van der Waals surface area (Å²) < 4.78 is 0. The summed E-state index contributed by atoms with van der Waals surface area (Å²) in [6.07, 6.45) is 2.77. The van der Waals surface area contributed by atoms with Crippen molar-refractivity contribution in [2.24, 2.45) is 0 Å². The molecule has 0 amide bonds. The Hall–Kier alpha value is -1.13. The average Bonchev–Trinajstić information content (AvgIpc) is 2.28. The van der Waals surface area contributed by atoms with Gasteiger partial charge in [0.05, 0.1) is 11.4 Å². The topological polar surface area (TPSA) is 49.0 Å². The molecule has 2 rings (SSSR count). The van der Waals surface area contributed by atoms with Gasteiger partial charge in [0.2, 0.25) is 0 Å². The van der Waals surface area contributed by atoms with E-state index in [0.29, 0.717) is 0 Å². The molecular formula is C7H10N4. The summed E-state index contributed by atoms with van der Waals surface area (Å²) in [5, 5.41) is 0. The lowest BCUT2D eigenvalue weighted by molar-refractivity contribution is 0.605. The summed E-state index contributed by atoms with van der Waals surface area (Å²) >= 11 is 0. The van der Waals surface area contributed by atoms with Gasteiger partial charge in [-0.2, -0.15) is 5.53 Å². The van der Waals surface area contributed by atoms with Gasteiger partial charge in [0.1, 0.15) is 0 Å². The molecule has 0 saturated carbocycles. The molecule has 0 spiro atoms. The molecule has 58 valence electrons. The number of aromatic nitrogens is 1. The largest absolute Gasteiger partial charge is 0.306 e. The van der Waals surface area contributed by atoms with E-state index in [0.717, 1.165) is 24.3 Å². The summed E-state index contributed by atoms with van der Waals surface area (Å²) in [6, 6.07) is 3.92. The minimum Gasteiger partial charge on any atom is -0.306 e. The van der Waals surface area contributed by atoms with Crippen LogP contribution in [0, 0.1) is 0 Å². The number of anilines is 1. The van der Waals surface area contributed by atoms with Gasteiger partial charge >= 0.3 is 0 Å². The molecule has 0 unspecified atom stereocenters. The Balaban J connectivity index is 2.33. The van der Waals surface area contributed by atoms with Crippen LogP contribution in [0.2, 0.25) is 0 Å². The molecule has 0 aromatic carbocycles. The van der Waals surface area contributed by atoms with Gasteiger partial charge in [-0.25, -0.2) is 5.43 Å². The zero-order valence-electron chi connectivity index (χ0n) is 6.09. The fraction of sp³-hybridized carbons (Fsp3) is 0.286. The first-order valence-electron chi connectivity index (χ1n) is 3.64. The van der Waals surface area contributed by atoms with E-state index in [4.69, 9.17) is 0 Å². The summed E-state index contributed by atoms with van der Waals surface area (Å²) in [5.41, 5.74) is 11.0. The molecule has 0 fully saturated rings. The maximum atomic E-state index is 4.24. The fourth-order valence-electron chi connectivity index (χ4n) is 1.11. The molecule has 0 saturated heterocycles. The Kier molecular flexibility index (Phi) is 1.71. The van der Waals surface area contributed by atoms with Crippen molar-refractivity contribution in [1.82, 2.24) is 15.9 Å². The third-order valence-electron chi connectivity index (χ3n) is 1.66. The van der Waals surface area contributed by atoms with Crippen LogP contribution in [0.1, 0.15) is 5.69 Å². The summed E-state index contributed by atoms with van der Waals surface area (Å²) in [5.74, 6) is 0. The van der Waals surface area contributed by atoms with Gasteiger partial charge in [0.25, 0.3) is 0 Å². The van der Waals surface area contributed by atoms with E-state index >= 15 is 0 Å². The van der Waals surface area contributed by atoms with Crippen LogP contribution in [-0.4, -0.2) is 11.5 Å². The lowest BCUT2D eigenvalue weighted by Crippen LogP contribution is -2.35. The van der Waals surface area contributed by atoms with Crippen molar-refractivity contribution in [3.8, 4) is 0 Å². The van der Waals surface area contributed by atoms with Crippen molar-refractivity contribution in [2.45, 2.75) is 6.42 Å². The molecule has 1 aliphatic heterocycles. The van der Waals surface area contributed by atoms with Crippen molar-refractivity contribution >= 4 is 5.69 Å². The van der Waals surface area contributed by atoms with E-state index < -0.39 is 0 Å². The summed E-state index contributed by atoms with van der Waals surface area (Å²) in [7, 11) is 0. The zero-order chi connectivity index (χ0) is 7.52. The fourth-order valence-corrected chi connectivity index (χ4v) is 1.11. The minimum atomic E-state index is 0.900. The second-order valence-electron chi connectivity index (χ2n) is 2.42. The van der Waals surface area contributed by atoms with Crippen LogP contribution >= 0.6 is 0 Å². The maximum Gasteiger partial charge on any atom is 0.0717 e. The van der Waals surface area contributed by atoms with Crippen molar-refractivity contribution in [2.75, 3.05) is 12.0 Å². The highest BCUT2D eigenvalue weighted by atomic mass is 15.6. The summed E-state index contributed by atoms with van der Waals surface area (Å²) in [4.78, 5) is 4.24. The van der Waals surface area contributed by atoms with Gasteiger partial charge in [-0.3, -0.25) is 4.98 Å². The predicted octanol–water partition coefficient (Wildman–Crippen LogP) is 0.0588. The van der Waals surface area contributed by atoms with Crippen LogP contribution in [0.4, 0.5) is 5.69 Å². The van der Waals surface area contributed by atoms with Gasteiger partial charge < -0.3 is 5.43 Å².